The van der Waals surface area contributed by atoms with E-state index in [-0.39, 0.29) is 12.5 Å². The van der Waals surface area contributed by atoms with Gasteiger partial charge < -0.3 is 14.6 Å². The first-order chi connectivity index (χ1) is 14.6. The molecule has 0 radical (unpaired) electrons. The molecule has 1 N–H and O–H groups in total. The first-order valence-electron chi connectivity index (χ1n) is 9.96. The highest BCUT2D eigenvalue weighted by molar-refractivity contribution is 5.89. The Labute approximate surface area is 174 Å². The molecule has 152 valence electrons. The second kappa shape index (κ2) is 8.78. The van der Waals surface area contributed by atoms with Crippen molar-refractivity contribution in [1.82, 2.24) is 15.5 Å². The number of benzene rings is 3. The average molecular weight is 401 g/mol. The summed E-state index contributed by atoms with van der Waals surface area (Å²) >= 11 is 0. The molecule has 0 fully saturated rings. The molecule has 30 heavy (non-hydrogen) atoms. The van der Waals surface area contributed by atoms with Gasteiger partial charge in [-0.05, 0) is 30.9 Å². The fourth-order valence-electron chi connectivity index (χ4n) is 3.28. The Bertz CT molecular complexity index is 1160. The summed E-state index contributed by atoms with van der Waals surface area (Å²) < 4.78 is 11.3. The molecule has 1 aromatic heterocycles. The third kappa shape index (κ3) is 4.33. The predicted molar refractivity (Wildman–Crippen MR) is 115 cm³/mol. The lowest BCUT2D eigenvalue weighted by atomic mass is 10.1. The zero-order chi connectivity index (χ0) is 20.9. The molecule has 1 amide bonds. The number of amides is 1. The van der Waals surface area contributed by atoms with E-state index in [9.17, 15) is 4.79 Å². The van der Waals surface area contributed by atoms with Gasteiger partial charge in [0.1, 0.15) is 5.75 Å². The van der Waals surface area contributed by atoms with Crippen molar-refractivity contribution in [2.45, 2.75) is 32.9 Å². The number of fused-ring (bicyclic) bond motifs is 1. The van der Waals surface area contributed by atoms with E-state index in [1.54, 1.807) is 0 Å². The summed E-state index contributed by atoms with van der Waals surface area (Å²) in [5.74, 6) is 1.32. The Kier molecular flexibility index (Phi) is 5.75. The first-order valence-corrected chi connectivity index (χ1v) is 9.96. The minimum absolute atomic E-state index is 0.146. The average Bonchev–Trinajstić information content (AvgIpc) is 3.25. The lowest BCUT2D eigenvalue weighted by Crippen LogP contribution is -2.37. The van der Waals surface area contributed by atoms with Crippen LogP contribution in [0.15, 0.2) is 71.3 Å². The van der Waals surface area contributed by atoms with Gasteiger partial charge in [0, 0.05) is 10.9 Å². The molecule has 3 aromatic carbocycles. The second-order valence-corrected chi connectivity index (χ2v) is 7.09. The number of carbonyl (C=O) groups is 1. The Morgan fingerprint density at radius 3 is 2.73 bits per heavy atom. The maximum absolute atomic E-state index is 12.7. The standard InChI is InChI=1S/C24H23N3O3/c1-3-20(29-21-13-7-10-17-9-4-5-12-19(17)21)24(28)25-15-22-26-23(27-30-22)18-11-6-8-16(2)14-18/h4-14,20H,3,15H2,1-2H3,(H,25,28). The molecule has 0 spiro atoms. The number of rotatable bonds is 7. The van der Waals surface area contributed by atoms with Gasteiger partial charge in [-0.3, -0.25) is 4.79 Å². The van der Waals surface area contributed by atoms with Crippen molar-refractivity contribution in [2.75, 3.05) is 0 Å². The topological polar surface area (TPSA) is 77.2 Å². The number of nitrogens with one attached hydrogen (secondary N) is 1. The third-order valence-electron chi connectivity index (χ3n) is 4.84. The molecule has 0 saturated carbocycles. The largest absolute Gasteiger partial charge is 0.480 e. The number of carbonyl (C=O) groups excluding carboxylic acids is 1. The maximum atomic E-state index is 12.7. The third-order valence-corrected chi connectivity index (χ3v) is 4.84. The zero-order valence-corrected chi connectivity index (χ0v) is 17.0. The van der Waals surface area contributed by atoms with Crippen LogP contribution in [-0.4, -0.2) is 22.2 Å². The van der Waals surface area contributed by atoms with Gasteiger partial charge in [0.15, 0.2) is 6.10 Å². The monoisotopic (exact) mass is 401 g/mol. The van der Waals surface area contributed by atoms with E-state index >= 15 is 0 Å². The summed E-state index contributed by atoms with van der Waals surface area (Å²) in [7, 11) is 0. The van der Waals surface area contributed by atoms with Crippen LogP contribution in [0.3, 0.4) is 0 Å². The zero-order valence-electron chi connectivity index (χ0n) is 17.0. The van der Waals surface area contributed by atoms with Crippen LogP contribution in [0.2, 0.25) is 0 Å². The van der Waals surface area contributed by atoms with Gasteiger partial charge >= 0.3 is 0 Å². The van der Waals surface area contributed by atoms with Crippen LogP contribution in [0.1, 0.15) is 24.8 Å². The van der Waals surface area contributed by atoms with E-state index < -0.39 is 6.10 Å². The normalized spacial score (nSPS) is 11.9. The highest BCUT2D eigenvalue weighted by Crippen LogP contribution is 2.26. The van der Waals surface area contributed by atoms with Gasteiger partial charge in [0.05, 0.1) is 6.54 Å². The van der Waals surface area contributed by atoms with Crippen molar-refractivity contribution >= 4 is 16.7 Å². The van der Waals surface area contributed by atoms with Crippen molar-refractivity contribution in [2.24, 2.45) is 0 Å². The molecule has 1 atom stereocenters. The Morgan fingerprint density at radius 1 is 1.10 bits per heavy atom. The van der Waals surface area contributed by atoms with Crippen LogP contribution in [0.5, 0.6) is 5.75 Å². The summed E-state index contributed by atoms with van der Waals surface area (Å²) in [6.07, 6.45) is -0.0806. The predicted octanol–water partition coefficient (Wildman–Crippen LogP) is 4.67. The Balaban J connectivity index is 1.41. The Hall–Kier alpha value is -3.67. The summed E-state index contributed by atoms with van der Waals surface area (Å²) in [5, 5.41) is 8.89. The first kappa shape index (κ1) is 19.6. The van der Waals surface area contributed by atoms with Crippen LogP contribution in [-0.2, 0) is 11.3 Å². The lowest BCUT2D eigenvalue weighted by Gasteiger charge is -2.18. The van der Waals surface area contributed by atoms with Gasteiger partial charge in [-0.15, -0.1) is 0 Å². The van der Waals surface area contributed by atoms with Crippen LogP contribution >= 0.6 is 0 Å². The van der Waals surface area contributed by atoms with Gasteiger partial charge in [-0.2, -0.15) is 4.98 Å². The van der Waals surface area contributed by atoms with E-state index in [0.29, 0.717) is 23.9 Å². The van der Waals surface area contributed by atoms with E-state index in [1.165, 1.54) is 0 Å². The van der Waals surface area contributed by atoms with Crippen molar-refractivity contribution < 1.29 is 14.1 Å². The fourth-order valence-corrected chi connectivity index (χ4v) is 3.28. The molecule has 1 heterocycles. The van der Waals surface area contributed by atoms with E-state index in [4.69, 9.17) is 9.26 Å². The molecule has 4 rings (SSSR count). The van der Waals surface area contributed by atoms with Crippen molar-refractivity contribution in [3.63, 3.8) is 0 Å². The van der Waals surface area contributed by atoms with Crippen molar-refractivity contribution in [3.8, 4) is 17.1 Å². The molecule has 6 nitrogen and oxygen atoms in total. The minimum Gasteiger partial charge on any atom is -0.480 e. The summed E-state index contributed by atoms with van der Waals surface area (Å²) in [6.45, 7) is 4.07. The molecule has 6 heteroatoms. The quantitative estimate of drug-likeness (QED) is 0.487. The molecule has 0 aliphatic rings. The SMILES string of the molecule is CCC(Oc1cccc2ccccc12)C(=O)NCc1nc(-c2cccc(C)c2)no1. The molecule has 0 aliphatic heterocycles. The van der Waals surface area contributed by atoms with Gasteiger partial charge in [0.25, 0.3) is 5.91 Å². The summed E-state index contributed by atoms with van der Waals surface area (Å²) in [5.41, 5.74) is 1.99. The van der Waals surface area contributed by atoms with E-state index in [2.05, 4.69) is 15.5 Å². The Morgan fingerprint density at radius 2 is 1.90 bits per heavy atom. The molecule has 0 bridgehead atoms. The molecule has 0 saturated heterocycles. The smallest absolute Gasteiger partial charge is 0.261 e. The number of hydrogen-bond acceptors (Lipinski definition) is 5. The van der Waals surface area contributed by atoms with Crippen molar-refractivity contribution in [1.29, 1.82) is 0 Å². The minimum atomic E-state index is -0.616. The fraction of sp³-hybridized carbons (Fsp3) is 0.208. The van der Waals surface area contributed by atoms with Crippen LogP contribution < -0.4 is 10.1 Å². The second-order valence-electron chi connectivity index (χ2n) is 7.09. The van der Waals surface area contributed by atoms with E-state index in [1.807, 2.05) is 80.6 Å². The maximum Gasteiger partial charge on any atom is 0.261 e. The summed E-state index contributed by atoms with van der Waals surface area (Å²) in [4.78, 5) is 17.1. The van der Waals surface area contributed by atoms with Gasteiger partial charge in [-0.25, -0.2) is 0 Å². The van der Waals surface area contributed by atoms with E-state index in [0.717, 1.165) is 21.9 Å². The summed E-state index contributed by atoms with van der Waals surface area (Å²) in [6, 6.07) is 21.6. The molecule has 0 aliphatic carbocycles. The van der Waals surface area contributed by atoms with Gasteiger partial charge in [0.2, 0.25) is 11.7 Å². The van der Waals surface area contributed by atoms with Crippen LogP contribution in [0.4, 0.5) is 0 Å². The van der Waals surface area contributed by atoms with Crippen LogP contribution in [0, 0.1) is 6.92 Å². The van der Waals surface area contributed by atoms with Gasteiger partial charge in [-0.1, -0.05) is 72.2 Å². The van der Waals surface area contributed by atoms with Crippen molar-refractivity contribution in [3.05, 3.63) is 78.2 Å². The number of nitrogens with zero attached hydrogens (tertiary/aromatic N) is 2. The molecular formula is C24H23N3O3. The molecule has 4 aromatic rings. The number of aryl methyl sites for hydroxylation is 1. The number of hydrogen-bond donors (Lipinski definition) is 1. The lowest BCUT2D eigenvalue weighted by molar-refractivity contribution is -0.128. The molecular weight excluding hydrogens is 378 g/mol. The highest BCUT2D eigenvalue weighted by Gasteiger charge is 2.20. The number of ether oxygens (including phenoxy) is 1. The molecule has 1 unspecified atom stereocenters. The van der Waals surface area contributed by atoms with Crippen LogP contribution in [0.25, 0.3) is 22.2 Å². The highest BCUT2D eigenvalue weighted by atomic mass is 16.5. The number of aromatic nitrogens is 2.